The zero-order valence-corrected chi connectivity index (χ0v) is 9.78. The average Bonchev–Trinajstić information content (AvgIpc) is 2.61. The van der Waals surface area contributed by atoms with Crippen molar-refractivity contribution in [1.82, 2.24) is 10.1 Å². The molecule has 0 bridgehead atoms. The molecule has 0 saturated carbocycles. The smallest absolute Gasteiger partial charge is 0.252 e. The van der Waals surface area contributed by atoms with Crippen LogP contribution in [0.2, 0.25) is 0 Å². The second kappa shape index (κ2) is 4.72. The van der Waals surface area contributed by atoms with E-state index in [-0.39, 0.29) is 11.6 Å². The van der Waals surface area contributed by atoms with Crippen LogP contribution in [0.25, 0.3) is 0 Å². The van der Waals surface area contributed by atoms with E-state index in [1.54, 1.807) is 0 Å². The highest BCUT2D eigenvalue weighted by Crippen LogP contribution is 2.13. The van der Waals surface area contributed by atoms with Crippen LogP contribution in [0.3, 0.4) is 0 Å². The molecule has 1 aromatic rings. The molecule has 2 N–H and O–H groups in total. The largest absolute Gasteiger partial charge is 0.366 e. The maximum absolute atomic E-state index is 5.76. The Balaban J connectivity index is 2.53. The molecule has 1 rings (SSSR count). The van der Waals surface area contributed by atoms with Gasteiger partial charge in [0.2, 0.25) is 0 Å². The van der Waals surface area contributed by atoms with Crippen molar-refractivity contribution in [2.75, 3.05) is 0 Å². The van der Waals surface area contributed by atoms with Gasteiger partial charge in [0, 0.05) is 0 Å². The minimum absolute atomic E-state index is 0.155. The fourth-order valence-electron chi connectivity index (χ4n) is 0.938. The summed E-state index contributed by atoms with van der Waals surface area (Å²) in [5.41, 5.74) is 5.56. The third-order valence-corrected chi connectivity index (χ3v) is 1.88. The minimum Gasteiger partial charge on any atom is -0.366 e. The first kappa shape index (κ1) is 12.1. The second-order valence-corrected chi connectivity index (χ2v) is 4.46. The van der Waals surface area contributed by atoms with E-state index >= 15 is 0 Å². The number of aromatic nitrogens is 2. The molecular formula is C10H19N3O2. The van der Waals surface area contributed by atoms with E-state index in [1.165, 1.54) is 0 Å². The summed E-state index contributed by atoms with van der Waals surface area (Å²) < 4.78 is 10.5. The van der Waals surface area contributed by atoms with Crippen molar-refractivity contribution in [2.24, 2.45) is 5.73 Å². The highest BCUT2D eigenvalue weighted by atomic mass is 16.5. The molecule has 1 unspecified atom stereocenters. The SMILES string of the molecule is CCC(N)c1noc(COC(C)(C)C)n1. The molecule has 15 heavy (non-hydrogen) atoms. The van der Waals surface area contributed by atoms with Crippen LogP contribution in [0, 0.1) is 0 Å². The highest BCUT2D eigenvalue weighted by Gasteiger charge is 2.15. The molecule has 5 nitrogen and oxygen atoms in total. The summed E-state index contributed by atoms with van der Waals surface area (Å²) in [5.74, 6) is 1.02. The topological polar surface area (TPSA) is 74.2 Å². The summed E-state index contributed by atoms with van der Waals surface area (Å²) >= 11 is 0. The number of nitrogens with two attached hydrogens (primary N) is 1. The van der Waals surface area contributed by atoms with Gasteiger partial charge in [-0.2, -0.15) is 4.98 Å². The zero-order valence-electron chi connectivity index (χ0n) is 9.78. The first-order chi connectivity index (χ1) is 6.92. The molecule has 5 heteroatoms. The number of ether oxygens (including phenoxy) is 1. The predicted molar refractivity (Wildman–Crippen MR) is 56.1 cm³/mol. The van der Waals surface area contributed by atoms with Crippen molar-refractivity contribution in [2.45, 2.75) is 52.4 Å². The molecule has 0 saturated heterocycles. The Hall–Kier alpha value is -0.940. The van der Waals surface area contributed by atoms with Gasteiger partial charge in [0.15, 0.2) is 5.82 Å². The van der Waals surface area contributed by atoms with Gasteiger partial charge in [-0.25, -0.2) is 0 Å². The van der Waals surface area contributed by atoms with Gasteiger partial charge < -0.3 is 15.0 Å². The Morgan fingerprint density at radius 3 is 2.67 bits per heavy atom. The number of rotatable bonds is 4. The third-order valence-electron chi connectivity index (χ3n) is 1.88. The lowest BCUT2D eigenvalue weighted by Gasteiger charge is -2.17. The van der Waals surface area contributed by atoms with Crippen LogP contribution in [0.1, 0.15) is 51.9 Å². The van der Waals surface area contributed by atoms with Gasteiger partial charge in [0.1, 0.15) is 6.61 Å². The van der Waals surface area contributed by atoms with Gasteiger partial charge in [-0.3, -0.25) is 0 Å². The van der Waals surface area contributed by atoms with Crippen molar-refractivity contribution < 1.29 is 9.26 Å². The maximum Gasteiger partial charge on any atom is 0.252 e. The zero-order chi connectivity index (χ0) is 11.5. The Kier molecular flexibility index (Phi) is 3.82. The van der Waals surface area contributed by atoms with Gasteiger partial charge in [-0.15, -0.1) is 0 Å². The molecule has 0 amide bonds. The molecule has 1 aromatic heterocycles. The van der Waals surface area contributed by atoms with Gasteiger partial charge in [0.05, 0.1) is 11.6 Å². The van der Waals surface area contributed by atoms with Crippen molar-refractivity contribution in [3.05, 3.63) is 11.7 Å². The maximum atomic E-state index is 5.76. The summed E-state index contributed by atoms with van der Waals surface area (Å²) in [6, 6.07) is -0.155. The van der Waals surface area contributed by atoms with Crippen LogP contribution in [-0.2, 0) is 11.3 Å². The fraction of sp³-hybridized carbons (Fsp3) is 0.800. The molecule has 1 atom stereocenters. The fourth-order valence-corrected chi connectivity index (χ4v) is 0.938. The van der Waals surface area contributed by atoms with Crippen LogP contribution in [0.5, 0.6) is 0 Å². The third kappa shape index (κ3) is 3.97. The predicted octanol–water partition coefficient (Wildman–Crippen LogP) is 1.79. The molecule has 86 valence electrons. The standard InChI is InChI=1S/C10H19N3O2/c1-5-7(11)9-12-8(15-13-9)6-14-10(2,3)4/h7H,5-6,11H2,1-4H3. The van der Waals surface area contributed by atoms with Crippen LogP contribution in [0.4, 0.5) is 0 Å². The van der Waals surface area contributed by atoms with Gasteiger partial charge in [0.25, 0.3) is 5.89 Å². The van der Waals surface area contributed by atoms with E-state index < -0.39 is 0 Å². The normalized spacial score (nSPS) is 14.2. The van der Waals surface area contributed by atoms with E-state index in [1.807, 2.05) is 27.7 Å². The highest BCUT2D eigenvalue weighted by molar-refractivity contribution is 4.91. The molecule has 1 heterocycles. The monoisotopic (exact) mass is 213 g/mol. The summed E-state index contributed by atoms with van der Waals surface area (Å²) in [5, 5.41) is 3.80. The van der Waals surface area contributed by atoms with E-state index in [4.69, 9.17) is 15.0 Å². The quantitative estimate of drug-likeness (QED) is 0.825. The van der Waals surface area contributed by atoms with Gasteiger partial charge in [-0.1, -0.05) is 12.1 Å². The van der Waals surface area contributed by atoms with E-state index in [0.29, 0.717) is 18.3 Å². The van der Waals surface area contributed by atoms with Crippen molar-refractivity contribution in [3.63, 3.8) is 0 Å². The summed E-state index contributed by atoms with van der Waals surface area (Å²) in [6.45, 7) is 8.23. The average molecular weight is 213 g/mol. The van der Waals surface area contributed by atoms with Crippen molar-refractivity contribution in [1.29, 1.82) is 0 Å². The number of hydrogen-bond donors (Lipinski definition) is 1. The molecule has 0 aliphatic carbocycles. The minimum atomic E-state index is -0.207. The van der Waals surface area contributed by atoms with Gasteiger partial charge in [-0.05, 0) is 27.2 Å². The lowest BCUT2D eigenvalue weighted by molar-refractivity contribution is -0.0260. The Bertz CT molecular complexity index is 304. The van der Waals surface area contributed by atoms with Crippen molar-refractivity contribution >= 4 is 0 Å². The van der Waals surface area contributed by atoms with Gasteiger partial charge >= 0.3 is 0 Å². The van der Waals surface area contributed by atoms with Crippen LogP contribution in [-0.4, -0.2) is 15.7 Å². The van der Waals surface area contributed by atoms with Crippen LogP contribution >= 0.6 is 0 Å². The summed E-state index contributed by atoms with van der Waals surface area (Å²) in [6.07, 6.45) is 0.791. The first-order valence-corrected chi connectivity index (χ1v) is 5.14. The number of nitrogens with zero attached hydrogens (tertiary/aromatic N) is 2. The Morgan fingerprint density at radius 1 is 1.47 bits per heavy atom. The molecule has 0 radical (unpaired) electrons. The number of hydrogen-bond acceptors (Lipinski definition) is 5. The van der Waals surface area contributed by atoms with E-state index in [2.05, 4.69) is 10.1 Å². The first-order valence-electron chi connectivity index (χ1n) is 5.14. The Morgan fingerprint density at radius 2 is 2.13 bits per heavy atom. The summed E-state index contributed by atoms with van der Waals surface area (Å²) in [7, 11) is 0. The van der Waals surface area contributed by atoms with Crippen molar-refractivity contribution in [3.8, 4) is 0 Å². The van der Waals surface area contributed by atoms with E-state index in [9.17, 15) is 0 Å². The molecule has 0 spiro atoms. The molecule has 0 aliphatic heterocycles. The molecule has 0 fully saturated rings. The molecule has 0 aliphatic rings. The van der Waals surface area contributed by atoms with Crippen LogP contribution < -0.4 is 5.73 Å². The Labute approximate surface area is 90.0 Å². The second-order valence-electron chi connectivity index (χ2n) is 4.46. The summed E-state index contributed by atoms with van der Waals surface area (Å²) in [4.78, 5) is 4.16. The molecule has 0 aromatic carbocycles. The molecular weight excluding hydrogens is 194 g/mol. The van der Waals surface area contributed by atoms with Crippen LogP contribution in [0.15, 0.2) is 4.52 Å². The lowest BCUT2D eigenvalue weighted by Crippen LogP contribution is -2.18. The van der Waals surface area contributed by atoms with E-state index in [0.717, 1.165) is 6.42 Å². The lowest BCUT2D eigenvalue weighted by atomic mass is 10.2.